The number of anilines is 1. The number of amides is 1. The number of benzene rings is 1. The average molecular weight is 363 g/mol. The molecule has 2 aromatic heterocycles. The summed E-state index contributed by atoms with van der Waals surface area (Å²) in [6.45, 7) is 0.551. The fraction of sp³-hybridized carbons (Fsp3) is 0.350. The lowest BCUT2D eigenvalue weighted by Gasteiger charge is -2.27. The van der Waals surface area contributed by atoms with Gasteiger partial charge in [0.25, 0.3) is 5.56 Å². The first-order valence-corrected chi connectivity index (χ1v) is 9.24. The van der Waals surface area contributed by atoms with Crippen LogP contribution in [0.25, 0.3) is 10.9 Å². The molecule has 7 nitrogen and oxygen atoms in total. The standard InChI is InChI=1S/C20H21N5O2/c26-19(22-16-9-11-21-12-10-16)15-7-5-14(6-8-15)13-25-20(27)17-3-1-2-4-18(17)23-24-25/h1-4,9-12,14-15H,5-8,13H2,(H,21,22,26). The fourth-order valence-electron chi connectivity index (χ4n) is 3.67. The Hall–Kier alpha value is -3.09. The van der Waals surface area contributed by atoms with Gasteiger partial charge in [0.1, 0.15) is 5.52 Å². The molecule has 0 aliphatic heterocycles. The summed E-state index contributed by atoms with van der Waals surface area (Å²) in [5, 5.41) is 11.8. The van der Waals surface area contributed by atoms with Gasteiger partial charge in [-0.15, -0.1) is 5.10 Å². The molecule has 7 heteroatoms. The summed E-state index contributed by atoms with van der Waals surface area (Å²) in [6.07, 6.45) is 6.75. The van der Waals surface area contributed by atoms with Crippen molar-refractivity contribution in [1.82, 2.24) is 20.0 Å². The van der Waals surface area contributed by atoms with Crippen molar-refractivity contribution in [2.45, 2.75) is 32.2 Å². The van der Waals surface area contributed by atoms with Crippen molar-refractivity contribution in [2.75, 3.05) is 5.32 Å². The Bertz CT molecular complexity index is 994. The number of nitrogens with one attached hydrogen (secondary N) is 1. The van der Waals surface area contributed by atoms with Crippen LogP contribution in [0.4, 0.5) is 5.69 Å². The van der Waals surface area contributed by atoms with E-state index in [1.165, 1.54) is 4.68 Å². The zero-order valence-corrected chi connectivity index (χ0v) is 14.9. The van der Waals surface area contributed by atoms with Crippen LogP contribution in [-0.4, -0.2) is 25.9 Å². The lowest BCUT2D eigenvalue weighted by atomic mass is 9.81. The van der Waals surface area contributed by atoms with E-state index in [2.05, 4.69) is 20.6 Å². The first kappa shape index (κ1) is 17.3. The van der Waals surface area contributed by atoms with E-state index in [0.717, 1.165) is 31.4 Å². The highest BCUT2D eigenvalue weighted by Gasteiger charge is 2.27. The molecule has 3 aromatic rings. The van der Waals surface area contributed by atoms with Crippen molar-refractivity contribution >= 4 is 22.5 Å². The molecule has 2 heterocycles. The Morgan fingerprint density at radius 3 is 2.59 bits per heavy atom. The summed E-state index contributed by atoms with van der Waals surface area (Å²) >= 11 is 0. The largest absolute Gasteiger partial charge is 0.326 e. The van der Waals surface area contributed by atoms with Crippen molar-refractivity contribution in [3.05, 3.63) is 59.1 Å². The molecule has 0 atom stereocenters. The fourth-order valence-corrected chi connectivity index (χ4v) is 3.67. The molecule has 1 N–H and O–H groups in total. The number of hydrogen-bond donors (Lipinski definition) is 1. The van der Waals surface area contributed by atoms with E-state index in [1.807, 2.05) is 12.1 Å². The molecule has 4 rings (SSSR count). The third-order valence-corrected chi connectivity index (χ3v) is 5.23. The van der Waals surface area contributed by atoms with Gasteiger partial charge in [-0.3, -0.25) is 14.6 Å². The summed E-state index contributed by atoms with van der Waals surface area (Å²) in [7, 11) is 0. The summed E-state index contributed by atoms with van der Waals surface area (Å²) in [4.78, 5) is 28.9. The number of pyridine rings is 1. The molecule has 1 saturated carbocycles. The molecule has 0 spiro atoms. The third kappa shape index (κ3) is 3.86. The minimum Gasteiger partial charge on any atom is -0.326 e. The molecule has 1 amide bonds. The van der Waals surface area contributed by atoms with E-state index in [0.29, 0.717) is 23.4 Å². The Kier molecular flexibility index (Phi) is 4.91. The summed E-state index contributed by atoms with van der Waals surface area (Å²) in [5.41, 5.74) is 1.29. The molecule has 1 fully saturated rings. The average Bonchev–Trinajstić information content (AvgIpc) is 2.71. The monoisotopic (exact) mass is 363 g/mol. The second-order valence-corrected chi connectivity index (χ2v) is 7.04. The Balaban J connectivity index is 1.36. The van der Waals surface area contributed by atoms with Crippen LogP contribution in [0.1, 0.15) is 25.7 Å². The van der Waals surface area contributed by atoms with Crippen LogP contribution in [0.15, 0.2) is 53.6 Å². The summed E-state index contributed by atoms with van der Waals surface area (Å²) < 4.78 is 1.46. The number of fused-ring (bicyclic) bond motifs is 1. The predicted molar refractivity (Wildman–Crippen MR) is 102 cm³/mol. The van der Waals surface area contributed by atoms with Crippen molar-refractivity contribution in [1.29, 1.82) is 0 Å². The van der Waals surface area contributed by atoms with Crippen LogP contribution in [-0.2, 0) is 11.3 Å². The van der Waals surface area contributed by atoms with Gasteiger partial charge in [-0.2, -0.15) is 0 Å². The van der Waals surface area contributed by atoms with Crippen molar-refractivity contribution in [2.24, 2.45) is 11.8 Å². The van der Waals surface area contributed by atoms with Crippen LogP contribution < -0.4 is 10.9 Å². The quantitative estimate of drug-likeness (QED) is 0.770. The van der Waals surface area contributed by atoms with Crippen LogP contribution in [0, 0.1) is 11.8 Å². The van der Waals surface area contributed by atoms with Crippen LogP contribution >= 0.6 is 0 Å². The van der Waals surface area contributed by atoms with E-state index in [1.54, 1.807) is 36.7 Å². The van der Waals surface area contributed by atoms with Crippen molar-refractivity contribution in [3.63, 3.8) is 0 Å². The van der Waals surface area contributed by atoms with Gasteiger partial charge in [-0.1, -0.05) is 17.3 Å². The first-order chi connectivity index (χ1) is 13.2. The summed E-state index contributed by atoms with van der Waals surface area (Å²) in [5.74, 6) is 0.402. The van der Waals surface area contributed by atoms with E-state index in [9.17, 15) is 9.59 Å². The zero-order chi connectivity index (χ0) is 18.6. The molecule has 1 aliphatic rings. The Morgan fingerprint density at radius 2 is 1.81 bits per heavy atom. The number of rotatable bonds is 4. The molecule has 1 aromatic carbocycles. The number of aromatic nitrogens is 4. The molecular weight excluding hydrogens is 342 g/mol. The topological polar surface area (TPSA) is 89.8 Å². The van der Waals surface area contributed by atoms with Gasteiger partial charge in [0.15, 0.2) is 0 Å². The number of carbonyl (C=O) groups excluding carboxylic acids is 1. The second kappa shape index (κ2) is 7.65. The van der Waals surface area contributed by atoms with Crippen LogP contribution in [0.2, 0.25) is 0 Å². The molecule has 138 valence electrons. The number of carbonyl (C=O) groups is 1. The number of hydrogen-bond acceptors (Lipinski definition) is 5. The van der Waals surface area contributed by atoms with E-state index < -0.39 is 0 Å². The normalized spacial score (nSPS) is 19.7. The van der Waals surface area contributed by atoms with E-state index in [4.69, 9.17) is 0 Å². The van der Waals surface area contributed by atoms with Gasteiger partial charge in [0, 0.05) is 30.5 Å². The van der Waals surface area contributed by atoms with Crippen molar-refractivity contribution < 1.29 is 4.79 Å². The minimum absolute atomic E-state index is 0.00817. The maximum atomic E-state index is 12.6. The Labute approximate surface area is 156 Å². The molecule has 0 radical (unpaired) electrons. The van der Waals surface area contributed by atoms with Crippen LogP contribution in [0.3, 0.4) is 0 Å². The third-order valence-electron chi connectivity index (χ3n) is 5.23. The lowest BCUT2D eigenvalue weighted by Crippen LogP contribution is -2.32. The molecular formula is C20H21N5O2. The lowest BCUT2D eigenvalue weighted by molar-refractivity contribution is -0.121. The van der Waals surface area contributed by atoms with Gasteiger partial charge >= 0.3 is 0 Å². The van der Waals surface area contributed by atoms with Gasteiger partial charge in [-0.25, -0.2) is 4.68 Å². The SMILES string of the molecule is O=C(Nc1ccncc1)C1CCC(Cn2nnc3ccccc3c2=O)CC1. The maximum absolute atomic E-state index is 12.6. The maximum Gasteiger partial charge on any atom is 0.277 e. The van der Waals surface area contributed by atoms with Gasteiger partial charge in [0.05, 0.1) is 5.39 Å². The van der Waals surface area contributed by atoms with Gasteiger partial charge < -0.3 is 5.32 Å². The predicted octanol–water partition coefficient (Wildman–Crippen LogP) is 2.63. The highest BCUT2D eigenvalue weighted by Crippen LogP contribution is 2.30. The van der Waals surface area contributed by atoms with Gasteiger partial charge in [-0.05, 0) is 55.9 Å². The molecule has 0 saturated heterocycles. The highest BCUT2D eigenvalue weighted by atomic mass is 16.2. The van der Waals surface area contributed by atoms with Crippen molar-refractivity contribution in [3.8, 4) is 0 Å². The van der Waals surface area contributed by atoms with E-state index >= 15 is 0 Å². The zero-order valence-electron chi connectivity index (χ0n) is 14.9. The smallest absolute Gasteiger partial charge is 0.277 e. The number of nitrogens with zero attached hydrogens (tertiary/aromatic N) is 4. The molecule has 1 aliphatic carbocycles. The Morgan fingerprint density at radius 1 is 1.07 bits per heavy atom. The highest BCUT2D eigenvalue weighted by molar-refractivity contribution is 5.92. The first-order valence-electron chi connectivity index (χ1n) is 9.24. The van der Waals surface area contributed by atoms with E-state index in [-0.39, 0.29) is 17.4 Å². The summed E-state index contributed by atoms with van der Waals surface area (Å²) in [6, 6.07) is 10.8. The molecule has 0 unspecified atom stereocenters. The molecule has 0 bridgehead atoms. The second-order valence-electron chi connectivity index (χ2n) is 7.04. The van der Waals surface area contributed by atoms with Gasteiger partial charge in [0.2, 0.25) is 5.91 Å². The molecule has 27 heavy (non-hydrogen) atoms. The van der Waals surface area contributed by atoms with Crippen LogP contribution in [0.5, 0.6) is 0 Å². The minimum atomic E-state index is -0.0989.